The van der Waals surface area contributed by atoms with E-state index >= 15 is 0 Å². The average molecular weight is 269 g/mol. The van der Waals surface area contributed by atoms with Crippen molar-refractivity contribution in [3.8, 4) is 5.75 Å². The fraction of sp³-hybridized carbons (Fsp3) is 0.375. The monoisotopic (exact) mass is 269 g/mol. The molecule has 0 N–H and O–H groups in total. The summed E-state index contributed by atoms with van der Waals surface area (Å²) in [4.78, 5) is 0. The van der Waals surface area contributed by atoms with Crippen LogP contribution in [0.4, 0.5) is 0 Å². The Labute approximate surface area is 119 Å². The van der Waals surface area contributed by atoms with Gasteiger partial charge < -0.3 is 9.30 Å². The normalized spacial score (nSPS) is 15.1. The van der Waals surface area contributed by atoms with Gasteiger partial charge >= 0.3 is 0 Å². The number of aryl methyl sites for hydroxylation is 1. The Kier molecular flexibility index (Phi) is 3.81. The lowest BCUT2D eigenvalue weighted by Gasteiger charge is -2.03. The third-order valence-electron chi connectivity index (χ3n) is 3.68. The average Bonchev–Trinajstić information content (AvgIpc) is 2.72. The molecular weight excluding hydrogens is 250 g/mol. The number of hydrogen-bond acceptors (Lipinski definition) is 3. The Bertz CT molecular complexity index is 599. The summed E-state index contributed by atoms with van der Waals surface area (Å²) < 4.78 is 7.40. The standard InChI is InChI=1S/C16H19N3O/c1-20-14-9-6-13(7-10-14)8-11-16-18-17-15-5-3-2-4-12-19(15)16/h6-11H,2-5,12H2,1H3/b11-8+. The van der Waals surface area contributed by atoms with Crippen molar-refractivity contribution in [2.75, 3.05) is 7.11 Å². The molecule has 1 aromatic carbocycles. The summed E-state index contributed by atoms with van der Waals surface area (Å²) in [5, 5.41) is 8.59. The van der Waals surface area contributed by atoms with Gasteiger partial charge in [-0.15, -0.1) is 10.2 Å². The highest BCUT2D eigenvalue weighted by Crippen LogP contribution is 2.17. The maximum Gasteiger partial charge on any atom is 0.156 e. The van der Waals surface area contributed by atoms with Gasteiger partial charge in [-0.1, -0.05) is 24.6 Å². The first-order valence-corrected chi connectivity index (χ1v) is 7.11. The molecule has 2 heterocycles. The van der Waals surface area contributed by atoms with Gasteiger partial charge in [0.25, 0.3) is 0 Å². The molecule has 0 saturated heterocycles. The van der Waals surface area contributed by atoms with Crippen molar-refractivity contribution in [2.24, 2.45) is 0 Å². The molecule has 4 nitrogen and oxygen atoms in total. The van der Waals surface area contributed by atoms with Crippen LogP contribution in [0.25, 0.3) is 12.2 Å². The molecule has 1 aliphatic heterocycles. The fourth-order valence-corrected chi connectivity index (χ4v) is 2.52. The number of benzene rings is 1. The van der Waals surface area contributed by atoms with Gasteiger partial charge in [0, 0.05) is 13.0 Å². The number of ether oxygens (including phenoxy) is 1. The Morgan fingerprint density at radius 3 is 2.70 bits per heavy atom. The molecular formula is C16H19N3O. The van der Waals surface area contributed by atoms with Gasteiger partial charge in [-0.05, 0) is 36.6 Å². The molecule has 0 radical (unpaired) electrons. The first-order valence-electron chi connectivity index (χ1n) is 7.11. The summed E-state index contributed by atoms with van der Waals surface area (Å²) in [5.74, 6) is 2.95. The molecule has 1 aliphatic rings. The molecule has 0 saturated carbocycles. The maximum absolute atomic E-state index is 5.16. The quantitative estimate of drug-likeness (QED) is 0.859. The van der Waals surface area contributed by atoms with E-state index in [1.165, 1.54) is 19.3 Å². The predicted molar refractivity (Wildman–Crippen MR) is 79.5 cm³/mol. The van der Waals surface area contributed by atoms with Crippen molar-refractivity contribution in [2.45, 2.75) is 32.2 Å². The van der Waals surface area contributed by atoms with E-state index in [0.29, 0.717) is 0 Å². The highest BCUT2D eigenvalue weighted by atomic mass is 16.5. The van der Waals surface area contributed by atoms with E-state index in [-0.39, 0.29) is 0 Å². The van der Waals surface area contributed by atoms with E-state index in [1.807, 2.05) is 30.3 Å². The summed E-state index contributed by atoms with van der Waals surface area (Å²) in [5.41, 5.74) is 1.14. The molecule has 0 bridgehead atoms. The molecule has 0 fully saturated rings. The van der Waals surface area contributed by atoms with Gasteiger partial charge in [0.2, 0.25) is 0 Å². The number of aromatic nitrogens is 3. The second kappa shape index (κ2) is 5.90. The summed E-state index contributed by atoms with van der Waals surface area (Å²) in [6.07, 6.45) is 8.88. The van der Waals surface area contributed by atoms with E-state index in [9.17, 15) is 0 Å². The number of hydrogen-bond donors (Lipinski definition) is 0. The van der Waals surface area contributed by atoms with E-state index in [0.717, 1.165) is 35.9 Å². The second-order valence-electron chi connectivity index (χ2n) is 5.04. The number of nitrogens with zero attached hydrogens (tertiary/aromatic N) is 3. The summed E-state index contributed by atoms with van der Waals surface area (Å²) in [7, 11) is 1.68. The van der Waals surface area contributed by atoms with Gasteiger partial charge in [0.05, 0.1) is 7.11 Å². The maximum atomic E-state index is 5.16. The Morgan fingerprint density at radius 2 is 1.90 bits per heavy atom. The van der Waals surface area contributed by atoms with Crippen LogP contribution in [-0.4, -0.2) is 21.9 Å². The van der Waals surface area contributed by atoms with E-state index in [2.05, 4.69) is 20.8 Å². The van der Waals surface area contributed by atoms with Gasteiger partial charge in [-0.25, -0.2) is 0 Å². The zero-order valence-corrected chi connectivity index (χ0v) is 11.7. The first-order chi connectivity index (χ1) is 9.86. The van der Waals surface area contributed by atoms with Crippen molar-refractivity contribution in [3.05, 3.63) is 41.5 Å². The van der Waals surface area contributed by atoms with E-state index in [1.54, 1.807) is 7.11 Å². The summed E-state index contributed by atoms with van der Waals surface area (Å²) in [6.45, 7) is 1.03. The minimum absolute atomic E-state index is 0.874. The van der Waals surface area contributed by atoms with E-state index < -0.39 is 0 Å². The van der Waals surface area contributed by atoms with Crippen LogP contribution in [0, 0.1) is 0 Å². The van der Waals surface area contributed by atoms with Crippen LogP contribution in [0.2, 0.25) is 0 Å². The molecule has 20 heavy (non-hydrogen) atoms. The summed E-state index contributed by atoms with van der Waals surface area (Å²) >= 11 is 0. The molecule has 0 aliphatic carbocycles. The lowest BCUT2D eigenvalue weighted by atomic mass is 10.2. The number of fused-ring (bicyclic) bond motifs is 1. The molecule has 0 unspecified atom stereocenters. The summed E-state index contributed by atoms with van der Waals surface area (Å²) in [6, 6.07) is 8.00. The minimum atomic E-state index is 0.874. The highest BCUT2D eigenvalue weighted by Gasteiger charge is 2.12. The zero-order valence-electron chi connectivity index (χ0n) is 11.7. The van der Waals surface area contributed by atoms with Crippen LogP contribution >= 0.6 is 0 Å². The van der Waals surface area contributed by atoms with Crippen molar-refractivity contribution in [1.82, 2.24) is 14.8 Å². The topological polar surface area (TPSA) is 39.9 Å². The minimum Gasteiger partial charge on any atom is -0.497 e. The second-order valence-corrected chi connectivity index (χ2v) is 5.04. The molecule has 104 valence electrons. The van der Waals surface area contributed by atoms with Gasteiger partial charge in [-0.3, -0.25) is 0 Å². The lowest BCUT2D eigenvalue weighted by molar-refractivity contribution is 0.415. The third-order valence-corrected chi connectivity index (χ3v) is 3.68. The zero-order chi connectivity index (χ0) is 13.8. The van der Waals surface area contributed by atoms with Crippen molar-refractivity contribution >= 4 is 12.2 Å². The van der Waals surface area contributed by atoms with Crippen LogP contribution in [0.15, 0.2) is 24.3 Å². The number of rotatable bonds is 3. The molecule has 3 rings (SSSR count). The van der Waals surface area contributed by atoms with Crippen LogP contribution in [0.5, 0.6) is 5.75 Å². The van der Waals surface area contributed by atoms with Crippen molar-refractivity contribution in [3.63, 3.8) is 0 Å². The van der Waals surface area contributed by atoms with Gasteiger partial charge in [0.1, 0.15) is 11.6 Å². The fourth-order valence-electron chi connectivity index (χ4n) is 2.52. The first kappa shape index (κ1) is 12.9. The van der Waals surface area contributed by atoms with Crippen LogP contribution in [-0.2, 0) is 13.0 Å². The lowest BCUT2D eigenvalue weighted by Crippen LogP contribution is -2.02. The smallest absolute Gasteiger partial charge is 0.156 e. The molecule has 2 aromatic rings. The Balaban J connectivity index is 1.79. The highest BCUT2D eigenvalue weighted by molar-refractivity contribution is 5.67. The predicted octanol–water partition coefficient (Wildman–Crippen LogP) is 3.18. The van der Waals surface area contributed by atoms with Gasteiger partial charge in [0.15, 0.2) is 5.82 Å². The largest absolute Gasteiger partial charge is 0.497 e. The van der Waals surface area contributed by atoms with E-state index in [4.69, 9.17) is 4.74 Å². The van der Waals surface area contributed by atoms with Gasteiger partial charge in [-0.2, -0.15) is 0 Å². The molecule has 4 heteroatoms. The van der Waals surface area contributed by atoms with Crippen molar-refractivity contribution < 1.29 is 4.74 Å². The van der Waals surface area contributed by atoms with Crippen LogP contribution in [0.3, 0.4) is 0 Å². The Morgan fingerprint density at radius 1 is 1.05 bits per heavy atom. The molecule has 0 spiro atoms. The SMILES string of the molecule is COc1ccc(/C=C/c2nnc3n2CCCCC3)cc1. The number of methoxy groups -OCH3 is 1. The Hall–Kier alpha value is -2.10. The van der Waals surface area contributed by atoms with Crippen LogP contribution < -0.4 is 4.74 Å². The molecule has 1 aromatic heterocycles. The third kappa shape index (κ3) is 2.74. The van der Waals surface area contributed by atoms with Crippen LogP contribution in [0.1, 0.15) is 36.5 Å². The van der Waals surface area contributed by atoms with Crippen molar-refractivity contribution in [1.29, 1.82) is 0 Å². The molecule has 0 amide bonds. The molecule has 0 atom stereocenters.